The molecule has 1 aromatic heterocycles. The van der Waals surface area contributed by atoms with E-state index in [2.05, 4.69) is 10.5 Å². The Kier molecular flexibility index (Phi) is 7.35. The average molecular weight is 358 g/mol. The molecule has 1 unspecified atom stereocenters. The normalized spacial score (nSPS) is 12.0. The summed E-state index contributed by atoms with van der Waals surface area (Å²) < 4.78 is 4.71. The second-order valence-electron chi connectivity index (χ2n) is 6.37. The first kappa shape index (κ1) is 19.7. The minimum absolute atomic E-state index is 0.0249. The summed E-state index contributed by atoms with van der Waals surface area (Å²) in [4.78, 5) is 29.0. The number of likely N-dealkylation sites (N-methyl/N-ethyl adjacent to an activating group) is 1. The van der Waals surface area contributed by atoms with Crippen molar-refractivity contribution in [2.45, 2.75) is 19.3 Å². The molecule has 1 N–H and O–H groups in total. The van der Waals surface area contributed by atoms with Crippen LogP contribution in [0, 0.1) is 0 Å². The van der Waals surface area contributed by atoms with Crippen molar-refractivity contribution in [3.8, 4) is 0 Å². The molecule has 0 bridgehead atoms. The number of anilines is 1. The zero-order chi connectivity index (χ0) is 18.9. The third kappa shape index (κ3) is 5.70. The summed E-state index contributed by atoms with van der Waals surface area (Å²) in [7, 11) is 3.87. The number of carbonyl (C=O) groups is 2. The Bertz CT molecular complexity index is 686. The van der Waals surface area contributed by atoms with Crippen molar-refractivity contribution in [2.24, 2.45) is 0 Å². The van der Waals surface area contributed by atoms with Gasteiger partial charge in [-0.25, -0.2) is 0 Å². The smallest absolute Gasteiger partial charge is 0.245 e. The predicted molar refractivity (Wildman–Crippen MR) is 99.7 cm³/mol. The van der Waals surface area contributed by atoms with E-state index in [1.54, 1.807) is 11.0 Å². The Morgan fingerprint density at radius 1 is 1.15 bits per heavy atom. The van der Waals surface area contributed by atoms with E-state index in [9.17, 15) is 9.59 Å². The highest BCUT2D eigenvalue weighted by Gasteiger charge is 2.26. The first-order valence-corrected chi connectivity index (χ1v) is 8.70. The van der Waals surface area contributed by atoms with E-state index in [0.29, 0.717) is 25.3 Å². The number of aromatic nitrogens is 1. The highest BCUT2D eigenvalue weighted by molar-refractivity contribution is 5.94. The molecule has 0 saturated heterocycles. The van der Waals surface area contributed by atoms with Crippen LogP contribution >= 0.6 is 0 Å². The van der Waals surface area contributed by atoms with Gasteiger partial charge in [0, 0.05) is 19.2 Å². The molecule has 0 spiro atoms. The number of hydrogen-bond acceptors (Lipinski definition) is 5. The number of nitrogens with zero attached hydrogens (tertiary/aromatic N) is 3. The molecule has 0 aliphatic carbocycles. The van der Waals surface area contributed by atoms with Gasteiger partial charge in [-0.2, -0.15) is 0 Å². The molecule has 0 fully saturated rings. The quantitative estimate of drug-likeness (QED) is 0.743. The summed E-state index contributed by atoms with van der Waals surface area (Å²) >= 11 is 0. The molecule has 7 heteroatoms. The fourth-order valence-electron chi connectivity index (χ4n) is 2.68. The van der Waals surface area contributed by atoms with Crippen LogP contribution in [0.4, 0.5) is 5.82 Å². The fraction of sp³-hybridized carbons (Fsp3) is 0.421. The second kappa shape index (κ2) is 9.72. The van der Waals surface area contributed by atoms with Gasteiger partial charge < -0.3 is 19.6 Å². The third-order valence-corrected chi connectivity index (χ3v) is 4.08. The lowest BCUT2D eigenvalue weighted by molar-refractivity contribution is -0.136. The molecule has 2 amide bonds. The van der Waals surface area contributed by atoms with E-state index in [-0.39, 0.29) is 24.3 Å². The Labute approximate surface area is 153 Å². The van der Waals surface area contributed by atoms with E-state index < -0.39 is 0 Å². The molecule has 2 rings (SSSR count). The van der Waals surface area contributed by atoms with Crippen LogP contribution in [0.2, 0.25) is 0 Å². The highest BCUT2D eigenvalue weighted by atomic mass is 16.5. The topological polar surface area (TPSA) is 78.7 Å². The van der Waals surface area contributed by atoms with Gasteiger partial charge in [0.15, 0.2) is 5.82 Å². The van der Waals surface area contributed by atoms with Crippen molar-refractivity contribution in [3.63, 3.8) is 0 Å². The monoisotopic (exact) mass is 358 g/mol. The minimum atomic E-state index is -0.297. The zero-order valence-electron chi connectivity index (χ0n) is 15.5. The lowest BCUT2D eigenvalue weighted by Crippen LogP contribution is -2.43. The summed E-state index contributed by atoms with van der Waals surface area (Å²) in [6, 6.07) is 11.2. The number of benzene rings is 1. The first-order valence-electron chi connectivity index (χ1n) is 8.70. The predicted octanol–water partition coefficient (Wildman–Crippen LogP) is 2.20. The van der Waals surface area contributed by atoms with Crippen LogP contribution in [0.1, 0.15) is 24.8 Å². The fourth-order valence-corrected chi connectivity index (χ4v) is 2.68. The van der Waals surface area contributed by atoms with Crippen molar-refractivity contribution >= 4 is 17.6 Å². The summed E-state index contributed by atoms with van der Waals surface area (Å²) in [6.45, 7) is 3.10. The van der Waals surface area contributed by atoms with Crippen LogP contribution in [0.15, 0.2) is 47.2 Å². The van der Waals surface area contributed by atoms with Crippen molar-refractivity contribution in [3.05, 3.63) is 48.2 Å². The van der Waals surface area contributed by atoms with Crippen LogP contribution < -0.4 is 5.32 Å². The first-order chi connectivity index (χ1) is 12.5. The Balaban J connectivity index is 2.11. The molecule has 1 heterocycles. The molecular weight excluding hydrogens is 332 g/mol. The lowest BCUT2D eigenvalue weighted by Gasteiger charge is -2.28. The number of hydrogen-bond donors (Lipinski definition) is 1. The van der Waals surface area contributed by atoms with Gasteiger partial charge in [-0.3, -0.25) is 9.59 Å². The van der Waals surface area contributed by atoms with Crippen LogP contribution in [0.25, 0.3) is 0 Å². The molecule has 0 aliphatic rings. The molecule has 0 saturated carbocycles. The molecule has 2 aromatic rings. The number of nitrogens with one attached hydrogen (secondary N) is 1. The maximum atomic E-state index is 13.1. The lowest BCUT2D eigenvalue weighted by atomic mass is 9.95. The number of carbonyl (C=O) groups excluding carboxylic acids is 2. The Morgan fingerprint density at radius 3 is 2.46 bits per heavy atom. The van der Waals surface area contributed by atoms with Gasteiger partial charge in [-0.05, 0) is 26.1 Å². The summed E-state index contributed by atoms with van der Waals surface area (Å²) in [5, 5.41) is 6.30. The number of rotatable bonds is 9. The van der Waals surface area contributed by atoms with E-state index in [1.807, 2.05) is 56.3 Å². The van der Waals surface area contributed by atoms with E-state index >= 15 is 0 Å². The molecular formula is C19H26N4O3. The zero-order valence-corrected chi connectivity index (χ0v) is 15.5. The largest absolute Gasteiger partial charge is 0.363 e. The van der Waals surface area contributed by atoms with Crippen LogP contribution in [0.3, 0.4) is 0 Å². The van der Waals surface area contributed by atoms with Crippen LogP contribution in [0.5, 0.6) is 0 Å². The van der Waals surface area contributed by atoms with Crippen molar-refractivity contribution < 1.29 is 14.1 Å². The second-order valence-corrected chi connectivity index (χ2v) is 6.37. The van der Waals surface area contributed by atoms with Gasteiger partial charge in [0.1, 0.15) is 6.26 Å². The van der Waals surface area contributed by atoms with Gasteiger partial charge in [-0.15, -0.1) is 0 Å². The standard InChI is InChI=1S/C19H26N4O3/c1-4-16(15-8-6-5-7-9-15)19(25)23(12-11-22(2)3)14-18(24)20-17-10-13-26-21-17/h5-10,13,16H,4,11-12,14H2,1-3H3,(H,20,21,24). The maximum absolute atomic E-state index is 13.1. The molecule has 7 nitrogen and oxygen atoms in total. The Hall–Kier alpha value is -2.67. The van der Waals surface area contributed by atoms with Gasteiger partial charge in [-0.1, -0.05) is 42.4 Å². The minimum Gasteiger partial charge on any atom is -0.363 e. The highest BCUT2D eigenvalue weighted by Crippen LogP contribution is 2.22. The van der Waals surface area contributed by atoms with E-state index in [4.69, 9.17) is 4.52 Å². The summed E-state index contributed by atoms with van der Waals surface area (Å²) in [6.07, 6.45) is 2.05. The van der Waals surface area contributed by atoms with Crippen molar-refractivity contribution in [1.29, 1.82) is 0 Å². The van der Waals surface area contributed by atoms with Crippen LogP contribution in [-0.2, 0) is 9.59 Å². The number of amides is 2. The van der Waals surface area contributed by atoms with Crippen LogP contribution in [-0.4, -0.2) is 60.5 Å². The summed E-state index contributed by atoms with van der Waals surface area (Å²) in [5.41, 5.74) is 0.965. The molecule has 1 atom stereocenters. The SMILES string of the molecule is CCC(C(=O)N(CCN(C)C)CC(=O)Nc1ccon1)c1ccccc1. The molecule has 26 heavy (non-hydrogen) atoms. The van der Waals surface area contributed by atoms with Gasteiger partial charge in [0.2, 0.25) is 11.8 Å². The average Bonchev–Trinajstić information content (AvgIpc) is 3.12. The molecule has 0 aliphatic heterocycles. The van der Waals surface area contributed by atoms with Gasteiger partial charge >= 0.3 is 0 Å². The van der Waals surface area contributed by atoms with Gasteiger partial charge in [0.25, 0.3) is 0 Å². The third-order valence-electron chi connectivity index (χ3n) is 4.08. The van der Waals surface area contributed by atoms with E-state index in [1.165, 1.54) is 6.26 Å². The summed E-state index contributed by atoms with van der Waals surface area (Å²) in [5.74, 6) is -0.270. The maximum Gasteiger partial charge on any atom is 0.245 e. The Morgan fingerprint density at radius 2 is 1.88 bits per heavy atom. The van der Waals surface area contributed by atoms with Crippen molar-refractivity contribution in [1.82, 2.24) is 15.0 Å². The van der Waals surface area contributed by atoms with Gasteiger partial charge in [0.05, 0.1) is 12.5 Å². The molecule has 140 valence electrons. The van der Waals surface area contributed by atoms with Crippen molar-refractivity contribution in [2.75, 3.05) is 39.0 Å². The molecule has 1 aromatic carbocycles. The molecule has 0 radical (unpaired) electrons. The van der Waals surface area contributed by atoms with E-state index in [0.717, 1.165) is 5.56 Å².